The van der Waals surface area contributed by atoms with Crippen molar-refractivity contribution in [1.29, 1.82) is 0 Å². The van der Waals surface area contributed by atoms with E-state index in [4.69, 9.17) is 0 Å². The highest BCUT2D eigenvalue weighted by atomic mass is 15.3. The summed E-state index contributed by atoms with van der Waals surface area (Å²) in [5, 5.41) is 3.16. The average Bonchev–Trinajstić information content (AvgIpc) is 2.77. The number of anilines is 1. The fourth-order valence-corrected chi connectivity index (χ4v) is 3.33. The van der Waals surface area contributed by atoms with Gasteiger partial charge in [-0.05, 0) is 44.5 Å². The monoisotopic (exact) mass is 260 g/mol. The Labute approximate surface area is 115 Å². The Balaban J connectivity index is 1.70. The number of pyridine rings is 1. The summed E-state index contributed by atoms with van der Waals surface area (Å²) in [6.45, 7) is 5.75. The van der Waals surface area contributed by atoms with Crippen molar-refractivity contribution >= 4 is 5.82 Å². The first-order valence-electron chi connectivity index (χ1n) is 7.45. The first-order valence-corrected chi connectivity index (χ1v) is 7.45. The lowest BCUT2D eigenvalue weighted by molar-refractivity contribution is 0.273. The molecule has 1 aromatic heterocycles. The van der Waals surface area contributed by atoms with Gasteiger partial charge in [-0.3, -0.25) is 4.90 Å². The normalized spacial score (nSPS) is 24.3. The van der Waals surface area contributed by atoms with Crippen molar-refractivity contribution in [2.24, 2.45) is 0 Å². The van der Waals surface area contributed by atoms with Gasteiger partial charge >= 0.3 is 0 Å². The third-order valence-electron chi connectivity index (χ3n) is 4.32. The quantitative estimate of drug-likeness (QED) is 0.892. The SMILES string of the molecule is CNCc1ccc(N2CCCN3CCCC3C2)nc1. The number of nitrogens with one attached hydrogen (secondary N) is 1. The van der Waals surface area contributed by atoms with Gasteiger partial charge in [0.1, 0.15) is 5.82 Å². The maximum atomic E-state index is 4.64. The lowest BCUT2D eigenvalue weighted by Crippen LogP contribution is -2.36. The van der Waals surface area contributed by atoms with E-state index in [1.165, 1.54) is 37.9 Å². The van der Waals surface area contributed by atoms with Crippen LogP contribution >= 0.6 is 0 Å². The molecule has 0 spiro atoms. The molecule has 2 aliphatic heterocycles. The summed E-state index contributed by atoms with van der Waals surface area (Å²) < 4.78 is 0. The van der Waals surface area contributed by atoms with Crippen molar-refractivity contribution in [3.63, 3.8) is 0 Å². The smallest absolute Gasteiger partial charge is 0.128 e. The van der Waals surface area contributed by atoms with Gasteiger partial charge < -0.3 is 10.2 Å². The molecule has 2 saturated heterocycles. The molecule has 0 aliphatic carbocycles. The van der Waals surface area contributed by atoms with Gasteiger partial charge in [-0.25, -0.2) is 4.98 Å². The summed E-state index contributed by atoms with van der Waals surface area (Å²) in [5.74, 6) is 1.15. The predicted octanol–water partition coefficient (Wildman–Crippen LogP) is 1.48. The van der Waals surface area contributed by atoms with Crippen LogP contribution in [-0.2, 0) is 6.54 Å². The van der Waals surface area contributed by atoms with E-state index in [9.17, 15) is 0 Å². The molecule has 19 heavy (non-hydrogen) atoms. The van der Waals surface area contributed by atoms with Crippen molar-refractivity contribution in [3.05, 3.63) is 23.9 Å². The molecule has 1 N–H and O–H groups in total. The molecule has 2 fully saturated rings. The highest BCUT2D eigenvalue weighted by Gasteiger charge is 2.28. The molecule has 1 aromatic rings. The molecular formula is C15H24N4. The maximum absolute atomic E-state index is 4.64. The number of rotatable bonds is 3. The first kappa shape index (κ1) is 12.9. The van der Waals surface area contributed by atoms with Crippen LogP contribution in [0.1, 0.15) is 24.8 Å². The van der Waals surface area contributed by atoms with Gasteiger partial charge in [-0.15, -0.1) is 0 Å². The summed E-state index contributed by atoms with van der Waals surface area (Å²) in [4.78, 5) is 9.78. The number of nitrogens with zero attached hydrogens (tertiary/aromatic N) is 3. The van der Waals surface area contributed by atoms with Crippen LogP contribution in [0.4, 0.5) is 5.82 Å². The fraction of sp³-hybridized carbons (Fsp3) is 0.667. The van der Waals surface area contributed by atoms with Crippen LogP contribution < -0.4 is 10.2 Å². The van der Waals surface area contributed by atoms with Gasteiger partial charge in [0, 0.05) is 38.4 Å². The Bertz CT molecular complexity index is 403. The highest BCUT2D eigenvalue weighted by Crippen LogP contribution is 2.24. The molecule has 0 saturated carbocycles. The van der Waals surface area contributed by atoms with Crippen LogP contribution in [0.3, 0.4) is 0 Å². The average molecular weight is 260 g/mol. The molecule has 4 heteroatoms. The fourth-order valence-electron chi connectivity index (χ4n) is 3.33. The minimum absolute atomic E-state index is 0.751. The topological polar surface area (TPSA) is 31.4 Å². The van der Waals surface area contributed by atoms with Crippen molar-refractivity contribution in [2.45, 2.75) is 31.8 Å². The van der Waals surface area contributed by atoms with Gasteiger partial charge in [0.2, 0.25) is 0 Å². The molecule has 3 rings (SSSR count). The van der Waals surface area contributed by atoms with E-state index in [0.717, 1.165) is 31.5 Å². The number of hydrogen-bond acceptors (Lipinski definition) is 4. The number of aromatic nitrogens is 1. The maximum Gasteiger partial charge on any atom is 0.128 e. The second-order valence-corrected chi connectivity index (χ2v) is 5.69. The Morgan fingerprint density at radius 2 is 2.16 bits per heavy atom. The van der Waals surface area contributed by atoms with Crippen molar-refractivity contribution in [1.82, 2.24) is 15.2 Å². The van der Waals surface area contributed by atoms with Crippen LogP contribution in [0.5, 0.6) is 0 Å². The Kier molecular flexibility index (Phi) is 3.99. The van der Waals surface area contributed by atoms with E-state index in [2.05, 4.69) is 32.2 Å². The molecule has 3 heterocycles. The van der Waals surface area contributed by atoms with Crippen LogP contribution in [0.25, 0.3) is 0 Å². The van der Waals surface area contributed by atoms with E-state index < -0.39 is 0 Å². The molecule has 1 unspecified atom stereocenters. The lowest BCUT2D eigenvalue weighted by atomic mass is 10.2. The Morgan fingerprint density at radius 3 is 2.95 bits per heavy atom. The summed E-state index contributed by atoms with van der Waals surface area (Å²) in [6.07, 6.45) is 5.99. The van der Waals surface area contributed by atoms with Gasteiger partial charge in [-0.2, -0.15) is 0 Å². The third-order valence-corrected chi connectivity index (χ3v) is 4.32. The minimum atomic E-state index is 0.751. The molecular weight excluding hydrogens is 236 g/mol. The van der Waals surface area contributed by atoms with Crippen molar-refractivity contribution in [2.75, 3.05) is 38.1 Å². The first-order chi connectivity index (χ1) is 9.36. The number of fused-ring (bicyclic) bond motifs is 1. The second-order valence-electron chi connectivity index (χ2n) is 5.69. The molecule has 0 radical (unpaired) electrons. The van der Waals surface area contributed by atoms with Gasteiger partial charge in [-0.1, -0.05) is 6.07 Å². The Morgan fingerprint density at radius 1 is 1.26 bits per heavy atom. The van der Waals surface area contributed by atoms with E-state index in [0.29, 0.717) is 0 Å². The van der Waals surface area contributed by atoms with Crippen LogP contribution in [-0.4, -0.2) is 49.2 Å². The standard InChI is InChI=1S/C15H24N4/c1-16-10-13-5-6-15(17-11-13)19-9-3-8-18-7-2-4-14(18)12-19/h5-6,11,14,16H,2-4,7-10,12H2,1H3. The molecule has 2 aliphatic rings. The van der Waals surface area contributed by atoms with Crippen LogP contribution in [0, 0.1) is 0 Å². The predicted molar refractivity (Wildman–Crippen MR) is 78.4 cm³/mol. The lowest BCUT2D eigenvalue weighted by Gasteiger charge is -2.26. The van der Waals surface area contributed by atoms with Gasteiger partial charge in [0.05, 0.1) is 0 Å². The zero-order valence-corrected chi connectivity index (χ0v) is 11.8. The summed E-state index contributed by atoms with van der Waals surface area (Å²) in [6, 6.07) is 5.12. The largest absolute Gasteiger partial charge is 0.355 e. The van der Waals surface area contributed by atoms with Crippen LogP contribution in [0.15, 0.2) is 18.3 Å². The number of hydrogen-bond donors (Lipinski definition) is 1. The van der Waals surface area contributed by atoms with Crippen molar-refractivity contribution < 1.29 is 0 Å². The summed E-state index contributed by atoms with van der Waals surface area (Å²) >= 11 is 0. The zero-order valence-electron chi connectivity index (χ0n) is 11.8. The molecule has 0 amide bonds. The molecule has 104 valence electrons. The minimum Gasteiger partial charge on any atom is -0.355 e. The van der Waals surface area contributed by atoms with E-state index in [1.54, 1.807) is 0 Å². The summed E-state index contributed by atoms with van der Waals surface area (Å²) in [7, 11) is 1.97. The third kappa shape index (κ3) is 2.90. The Hall–Kier alpha value is -1.13. The van der Waals surface area contributed by atoms with E-state index >= 15 is 0 Å². The molecule has 0 aromatic carbocycles. The van der Waals surface area contributed by atoms with Gasteiger partial charge in [0.25, 0.3) is 0 Å². The molecule has 1 atom stereocenters. The second kappa shape index (κ2) is 5.88. The molecule has 0 bridgehead atoms. The van der Waals surface area contributed by atoms with Gasteiger partial charge in [0.15, 0.2) is 0 Å². The molecule has 4 nitrogen and oxygen atoms in total. The summed E-state index contributed by atoms with van der Waals surface area (Å²) in [5.41, 5.74) is 1.25. The van der Waals surface area contributed by atoms with Crippen LogP contribution in [0.2, 0.25) is 0 Å². The van der Waals surface area contributed by atoms with E-state index in [-0.39, 0.29) is 0 Å². The van der Waals surface area contributed by atoms with E-state index in [1.807, 2.05) is 13.2 Å². The zero-order chi connectivity index (χ0) is 13.1. The highest BCUT2D eigenvalue weighted by molar-refractivity contribution is 5.40. The van der Waals surface area contributed by atoms with Crippen molar-refractivity contribution in [3.8, 4) is 0 Å².